The van der Waals surface area contributed by atoms with Crippen molar-refractivity contribution in [3.63, 3.8) is 0 Å². The molecule has 0 atom stereocenters. The first-order chi connectivity index (χ1) is 14.8. The summed E-state index contributed by atoms with van der Waals surface area (Å²) in [6.07, 6.45) is 3.60. The highest BCUT2D eigenvalue weighted by Crippen LogP contribution is 2.35. The lowest BCUT2D eigenvalue weighted by Crippen LogP contribution is -1.98. The van der Waals surface area contributed by atoms with Gasteiger partial charge in [-0.05, 0) is 47.6 Å². The molecule has 0 radical (unpaired) electrons. The molecule has 0 aliphatic heterocycles. The standard InChI is InChI=1S/C23H16N6O/c30-28-18-10-6-7-16(15-18)22-21(20-11-4-5-14-29(20)27-22)19-12-13-24-23(26-19)25-17-8-2-1-3-9-17/h1-15H,(H,24,25,26). The van der Waals surface area contributed by atoms with Crippen LogP contribution in [0.15, 0.2) is 96.4 Å². The molecule has 0 aliphatic carbocycles. The molecule has 2 aromatic carbocycles. The Labute approximate surface area is 172 Å². The number of aromatic nitrogens is 4. The van der Waals surface area contributed by atoms with Crippen LogP contribution in [0.4, 0.5) is 17.3 Å². The predicted octanol–water partition coefficient (Wildman–Crippen LogP) is 5.60. The predicted molar refractivity (Wildman–Crippen MR) is 117 cm³/mol. The number of nitrogens with one attached hydrogen (secondary N) is 1. The highest BCUT2D eigenvalue weighted by Gasteiger charge is 2.18. The van der Waals surface area contributed by atoms with Crippen molar-refractivity contribution in [1.82, 2.24) is 19.6 Å². The summed E-state index contributed by atoms with van der Waals surface area (Å²) in [4.78, 5) is 20.1. The Balaban J connectivity index is 1.67. The van der Waals surface area contributed by atoms with Crippen LogP contribution in [0.1, 0.15) is 0 Å². The molecule has 5 rings (SSSR count). The molecule has 1 N–H and O–H groups in total. The average Bonchev–Trinajstić information content (AvgIpc) is 3.20. The normalized spacial score (nSPS) is 10.8. The van der Waals surface area contributed by atoms with Crippen molar-refractivity contribution < 1.29 is 0 Å². The van der Waals surface area contributed by atoms with E-state index in [2.05, 4.69) is 15.5 Å². The van der Waals surface area contributed by atoms with Crippen LogP contribution in [0.5, 0.6) is 0 Å². The van der Waals surface area contributed by atoms with Crippen LogP contribution in [0.25, 0.3) is 28.0 Å². The van der Waals surface area contributed by atoms with E-state index in [1.165, 1.54) is 0 Å². The van der Waals surface area contributed by atoms with Gasteiger partial charge < -0.3 is 5.32 Å². The number of fused-ring (bicyclic) bond motifs is 1. The molecule has 3 heterocycles. The van der Waals surface area contributed by atoms with Crippen molar-refractivity contribution >= 4 is 22.8 Å². The van der Waals surface area contributed by atoms with Crippen molar-refractivity contribution in [1.29, 1.82) is 0 Å². The van der Waals surface area contributed by atoms with Crippen LogP contribution in [-0.2, 0) is 0 Å². The van der Waals surface area contributed by atoms with Gasteiger partial charge in [0, 0.05) is 23.6 Å². The molecule has 0 spiro atoms. The molecule has 0 saturated carbocycles. The molecule has 7 heteroatoms. The van der Waals surface area contributed by atoms with Crippen LogP contribution < -0.4 is 5.32 Å². The summed E-state index contributed by atoms with van der Waals surface area (Å²) in [5.74, 6) is 0.489. The molecular formula is C23H16N6O. The summed E-state index contributed by atoms with van der Waals surface area (Å²) in [6.45, 7) is 0. The molecule has 0 aliphatic rings. The molecule has 30 heavy (non-hydrogen) atoms. The van der Waals surface area contributed by atoms with Gasteiger partial charge in [-0.25, -0.2) is 14.5 Å². The van der Waals surface area contributed by atoms with Crippen molar-refractivity contribution in [2.75, 3.05) is 5.32 Å². The molecule has 144 valence electrons. The van der Waals surface area contributed by atoms with Crippen molar-refractivity contribution in [3.8, 4) is 22.5 Å². The molecule has 0 bridgehead atoms. The number of nitrogens with zero attached hydrogens (tertiary/aromatic N) is 5. The first-order valence-electron chi connectivity index (χ1n) is 9.38. The second-order valence-electron chi connectivity index (χ2n) is 6.65. The quantitative estimate of drug-likeness (QED) is 0.394. The van der Waals surface area contributed by atoms with E-state index in [0.717, 1.165) is 33.7 Å². The van der Waals surface area contributed by atoms with E-state index < -0.39 is 0 Å². The molecule has 3 aromatic heterocycles. The van der Waals surface area contributed by atoms with Gasteiger partial charge in [-0.15, -0.1) is 4.91 Å². The molecule has 5 aromatic rings. The van der Waals surface area contributed by atoms with Crippen LogP contribution >= 0.6 is 0 Å². The van der Waals surface area contributed by atoms with E-state index in [9.17, 15) is 4.91 Å². The zero-order chi connectivity index (χ0) is 20.3. The fourth-order valence-corrected chi connectivity index (χ4v) is 3.37. The number of pyridine rings is 1. The van der Waals surface area contributed by atoms with Gasteiger partial charge in [0.2, 0.25) is 5.95 Å². The van der Waals surface area contributed by atoms with Gasteiger partial charge in [0.15, 0.2) is 0 Å². The summed E-state index contributed by atoms with van der Waals surface area (Å²) in [5, 5.41) is 11.0. The van der Waals surface area contributed by atoms with E-state index in [4.69, 9.17) is 10.1 Å². The van der Waals surface area contributed by atoms with Gasteiger partial charge in [-0.3, -0.25) is 0 Å². The third kappa shape index (κ3) is 3.29. The summed E-state index contributed by atoms with van der Waals surface area (Å²) < 4.78 is 1.80. The molecule has 0 unspecified atom stereocenters. The monoisotopic (exact) mass is 392 g/mol. The minimum Gasteiger partial charge on any atom is -0.324 e. The van der Waals surface area contributed by atoms with Gasteiger partial charge >= 0.3 is 0 Å². The third-order valence-corrected chi connectivity index (χ3v) is 4.71. The maximum Gasteiger partial charge on any atom is 0.227 e. The van der Waals surface area contributed by atoms with E-state index in [1.807, 2.05) is 66.9 Å². The fraction of sp³-hybridized carbons (Fsp3) is 0. The van der Waals surface area contributed by atoms with Gasteiger partial charge in [-0.1, -0.05) is 36.4 Å². The second kappa shape index (κ2) is 7.56. The lowest BCUT2D eigenvalue weighted by molar-refractivity contribution is 0.966. The zero-order valence-electron chi connectivity index (χ0n) is 15.8. The maximum absolute atomic E-state index is 11.0. The van der Waals surface area contributed by atoms with E-state index in [0.29, 0.717) is 11.6 Å². The zero-order valence-corrected chi connectivity index (χ0v) is 15.8. The number of nitroso groups, excluding NO2 is 1. The number of para-hydroxylation sites is 1. The molecule has 0 saturated heterocycles. The Hall–Kier alpha value is -4.39. The lowest BCUT2D eigenvalue weighted by atomic mass is 10.0. The number of hydrogen-bond acceptors (Lipinski definition) is 6. The Kier molecular flexibility index (Phi) is 4.46. The topological polar surface area (TPSA) is 84.5 Å². The number of benzene rings is 2. The van der Waals surface area contributed by atoms with E-state index >= 15 is 0 Å². The molecular weight excluding hydrogens is 376 g/mol. The van der Waals surface area contributed by atoms with Crippen LogP contribution in [-0.4, -0.2) is 19.6 Å². The summed E-state index contributed by atoms with van der Waals surface area (Å²) >= 11 is 0. The Bertz CT molecular complexity index is 1350. The first kappa shape index (κ1) is 17.7. The SMILES string of the molecule is O=Nc1cccc(-c2nn3ccccc3c2-c2ccnc(Nc3ccccc3)n2)c1. The third-order valence-electron chi connectivity index (χ3n) is 4.71. The van der Waals surface area contributed by atoms with Gasteiger partial charge in [0.05, 0.1) is 16.8 Å². The number of rotatable bonds is 5. The van der Waals surface area contributed by atoms with E-state index in [1.54, 1.807) is 28.9 Å². The summed E-state index contributed by atoms with van der Waals surface area (Å²) in [7, 11) is 0. The number of hydrogen-bond donors (Lipinski definition) is 1. The summed E-state index contributed by atoms with van der Waals surface area (Å²) in [5.41, 5.74) is 5.25. The molecule has 0 amide bonds. The van der Waals surface area contributed by atoms with Gasteiger partial charge in [-0.2, -0.15) is 5.10 Å². The van der Waals surface area contributed by atoms with Crippen molar-refractivity contribution in [3.05, 3.63) is 96.2 Å². The van der Waals surface area contributed by atoms with Crippen molar-refractivity contribution in [2.45, 2.75) is 0 Å². The minimum absolute atomic E-state index is 0.352. The highest BCUT2D eigenvalue weighted by atomic mass is 16.3. The fourth-order valence-electron chi connectivity index (χ4n) is 3.37. The van der Waals surface area contributed by atoms with Crippen molar-refractivity contribution in [2.24, 2.45) is 5.18 Å². The maximum atomic E-state index is 11.0. The van der Waals surface area contributed by atoms with Crippen LogP contribution in [0.2, 0.25) is 0 Å². The van der Waals surface area contributed by atoms with Crippen LogP contribution in [0.3, 0.4) is 0 Å². The van der Waals surface area contributed by atoms with E-state index in [-0.39, 0.29) is 0 Å². The first-order valence-corrected chi connectivity index (χ1v) is 9.38. The summed E-state index contributed by atoms with van der Waals surface area (Å²) in [6, 6.07) is 24.6. The van der Waals surface area contributed by atoms with Gasteiger partial charge in [0.1, 0.15) is 11.4 Å². The second-order valence-corrected chi connectivity index (χ2v) is 6.65. The Morgan fingerprint density at radius 2 is 1.77 bits per heavy atom. The van der Waals surface area contributed by atoms with Gasteiger partial charge in [0.25, 0.3) is 0 Å². The largest absolute Gasteiger partial charge is 0.324 e. The minimum atomic E-state index is 0.352. The smallest absolute Gasteiger partial charge is 0.227 e. The highest BCUT2D eigenvalue weighted by molar-refractivity contribution is 5.91. The Morgan fingerprint density at radius 1 is 0.900 bits per heavy atom. The molecule has 0 fully saturated rings. The number of anilines is 2. The van der Waals surface area contributed by atoms with Crippen LogP contribution in [0, 0.1) is 4.91 Å². The Morgan fingerprint density at radius 3 is 2.63 bits per heavy atom. The average molecular weight is 392 g/mol. The molecule has 7 nitrogen and oxygen atoms in total. The lowest BCUT2D eigenvalue weighted by Gasteiger charge is -2.07.